The van der Waals surface area contributed by atoms with Gasteiger partial charge < -0.3 is 18.9 Å². The molecule has 2 aliphatic rings. The minimum atomic E-state index is -0.328. The number of benzene rings is 14. The summed E-state index contributed by atoms with van der Waals surface area (Å²) in [5.74, 6) is 0. The van der Waals surface area contributed by atoms with Crippen LogP contribution >= 0.6 is 11.3 Å². The summed E-state index contributed by atoms with van der Waals surface area (Å²) < 4.78 is 7.69. The molecule has 0 atom stereocenters. The normalized spacial score (nSPS) is 13.1. The summed E-state index contributed by atoms with van der Waals surface area (Å²) in [7, 11) is 0. The molecule has 0 bridgehead atoms. The molecule has 0 radical (unpaired) electrons. The lowest BCUT2D eigenvalue weighted by Crippen LogP contribution is -2.61. The molecular formula is C96H77BN4S. The molecule has 0 N–H and O–H groups in total. The van der Waals surface area contributed by atoms with Crippen molar-refractivity contribution in [1.82, 2.24) is 9.13 Å². The molecule has 6 heteroatoms. The van der Waals surface area contributed by atoms with Crippen LogP contribution in [0.1, 0.15) is 79.0 Å². The molecule has 19 rings (SSSR count). The van der Waals surface area contributed by atoms with Gasteiger partial charge in [-0.3, -0.25) is 0 Å². The van der Waals surface area contributed by atoms with Gasteiger partial charge in [-0.05, 0) is 157 Å². The second-order valence-corrected chi connectivity index (χ2v) is 32.3. The highest BCUT2D eigenvalue weighted by molar-refractivity contribution is 7.26. The lowest BCUT2D eigenvalue weighted by atomic mass is 9.33. The molecule has 102 heavy (non-hydrogen) atoms. The fraction of sp³-hybridized carbons (Fsp3) is 0.125. The van der Waals surface area contributed by atoms with E-state index in [0.717, 1.165) is 67.8 Å². The predicted molar refractivity (Wildman–Crippen MR) is 440 cm³/mol. The van der Waals surface area contributed by atoms with Gasteiger partial charge in [-0.2, -0.15) is 0 Å². The van der Waals surface area contributed by atoms with E-state index in [-0.39, 0.29) is 23.0 Å². The summed E-state index contributed by atoms with van der Waals surface area (Å²) in [5, 5.41) is 7.53. The molecular weight excluding hydrogens is 1250 g/mol. The topological polar surface area (TPSA) is 16.3 Å². The Kier molecular flexibility index (Phi) is 13.9. The van der Waals surface area contributed by atoms with E-state index in [1.807, 2.05) is 11.3 Å². The Morgan fingerprint density at radius 2 is 0.627 bits per heavy atom. The van der Waals surface area contributed by atoms with Crippen LogP contribution in [0, 0.1) is 0 Å². The highest BCUT2D eigenvalue weighted by Gasteiger charge is 2.47. The van der Waals surface area contributed by atoms with E-state index in [1.54, 1.807) is 0 Å². The van der Waals surface area contributed by atoms with Crippen molar-refractivity contribution in [2.45, 2.75) is 78.6 Å². The number of hydrogen-bond donors (Lipinski definition) is 0. The maximum atomic E-state index is 2.75. The van der Waals surface area contributed by atoms with Crippen LogP contribution in [0.5, 0.6) is 0 Å². The molecule has 0 aliphatic carbocycles. The van der Waals surface area contributed by atoms with Gasteiger partial charge >= 0.3 is 0 Å². The smallest absolute Gasteiger partial charge is 0.252 e. The second kappa shape index (κ2) is 23.1. The fourth-order valence-corrected chi connectivity index (χ4v) is 18.1. The molecule has 0 saturated carbocycles. The molecule has 5 heterocycles. The SMILES string of the molecule is CC(C)(C)c1cc(-c2ccccc2)c(N2c3cc(-n4c5ccccc5c5ccccc54)ccc3B3c4ccc(-n5c6ccccc6c6ccc7c8ccccc8sc7c65)cc4N(c4c(-c5ccccc5)cc(C(C)(C)C)cc4-c4ccccc4)c4cc(C(C)(C)C)cc2c43)c(-c2ccccc2)c1. The van der Waals surface area contributed by atoms with Crippen molar-refractivity contribution >= 4 is 132 Å². The number of aromatic nitrogens is 2. The Labute approximate surface area is 601 Å². The van der Waals surface area contributed by atoms with Crippen molar-refractivity contribution in [3.8, 4) is 55.9 Å². The largest absolute Gasteiger partial charge is 0.310 e. The number of hydrogen-bond acceptors (Lipinski definition) is 3. The lowest BCUT2D eigenvalue weighted by Gasteiger charge is -2.47. The first kappa shape index (κ1) is 61.6. The summed E-state index contributed by atoms with van der Waals surface area (Å²) in [6.07, 6.45) is 0. The molecule has 14 aromatic carbocycles. The lowest BCUT2D eigenvalue weighted by molar-refractivity contribution is 0.590. The third-order valence-electron chi connectivity index (χ3n) is 21.9. The van der Waals surface area contributed by atoms with E-state index in [1.165, 1.54) is 119 Å². The maximum Gasteiger partial charge on any atom is 0.252 e. The molecule has 0 unspecified atom stereocenters. The van der Waals surface area contributed by atoms with Crippen LogP contribution in [0.15, 0.2) is 303 Å². The number of thiophene rings is 1. The Balaban J connectivity index is 1.01. The maximum absolute atomic E-state index is 2.75. The van der Waals surface area contributed by atoms with Crippen molar-refractivity contribution in [2.24, 2.45) is 0 Å². The monoisotopic (exact) mass is 1330 g/mol. The average molecular weight is 1330 g/mol. The third-order valence-corrected chi connectivity index (χ3v) is 23.1. The van der Waals surface area contributed by atoms with Crippen LogP contribution in [-0.4, -0.2) is 15.8 Å². The number of rotatable bonds is 8. The van der Waals surface area contributed by atoms with Crippen LogP contribution in [0.3, 0.4) is 0 Å². The zero-order valence-corrected chi connectivity index (χ0v) is 60.0. The Hall–Kier alpha value is -11.4. The molecule has 2 aliphatic heterocycles. The minimum absolute atomic E-state index is 0.187. The average Bonchev–Trinajstić information content (AvgIpc) is 0.796. The molecule has 0 saturated heterocycles. The summed E-state index contributed by atoms with van der Waals surface area (Å²) in [6.45, 7) is 21.1. The molecule has 0 spiro atoms. The second-order valence-electron chi connectivity index (χ2n) is 31.2. The van der Waals surface area contributed by atoms with E-state index < -0.39 is 0 Å². The zero-order valence-electron chi connectivity index (χ0n) is 59.1. The molecule has 4 nitrogen and oxygen atoms in total. The van der Waals surface area contributed by atoms with Crippen molar-refractivity contribution in [3.05, 3.63) is 320 Å². The number of nitrogens with zero attached hydrogens (tertiary/aromatic N) is 4. The van der Waals surface area contributed by atoms with E-state index in [2.05, 4.69) is 385 Å². The van der Waals surface area contributed by atoms with Crippen molar-refractivity contribution in [1.29, 1.82) is 0 Å². The summed E-state index contributed by atoms with van der Waals surface area (Å²) in [6, 6.07) is 116. The Morgan fingerprint density at radius 1 is 0.284 bits per heavy atom. The first-order valence-corrected chi connectivity index (χ1v) is 36.8. The van der Waals surface area contributed by atoms with Gasteiger partial charge in [0, 0.05) is 93.4 Å². The standard InChI is InChI=1S/C96H77BN4S/c1-94(2,3)64-52-75(60-30-14-10-15-31-60)90(76(53-64)61-32-16-11-17-33-61)100-84-58-67(98-81-42-26-22-38-69(81)70-39-23-27-43-82(70)98)46-50-79(84)97-80-51-47-68(99-83-44-28-24-40-71(83)73-48-49-74-72-41-25-29-45-88(72)102-93(74)92(73)99)59-85(80)101(87-57-66(96(7,8)9)56-86(100)89(87)97)91-77(62-34-18-12-19-35-62)54-65(95(4,5)6)55-78(91)63-36-20-13-21-37-63/h10-59H,1-9H3. The highest BCUT2D eigenvalue weighted by Crippen LogP contribution is 2.56. The van der Waals surface area contributed by atoms with Gasteiger partial charge in [0.2, 0.25) is 0 Å². The van der Waals surface area contributed by atoms with Gasteiger partial charge in [0.25, 0.3) is 6.71 Å². The van der Waals surface area contributed by atoms with Crippen LogP contribution in [0.4, 0.5) is 34.1 Å². The quantitative estimate of drug-likeness (QED) is 0.141. The van der Waals surface area contributed by atoms with Crippen molar-refractivity contribution in [3.63, 3.8) is 0 Å². The highest BCUT2D eigenvalue weighted by atomic mass is 32.1. The Bertz CT molecular complexity index is 6080. The summed E-state index contributed by atoms with van der Waals surface area (Å²) >= 11 is 1.91. The van der Waals surface area contributed by atoms with Gasteiger partial charge in [-0.15, -0.1) is 11.3 Å². The first-order chi connectivity index (χ1) is 49.5. The van der Waals surface area contributed by atoms with Crippen LogP contribution in [0.25, 0.3) is 120 Å². The molecule has 0 amide bonds. The van der Waals surface area contributed by atoms with Gasteiger partial charge in [-0.25, -0.2) is 0 Å². The predicted octanol–water partition coefficient (Wildman–Crippen LogP) is 24.9. The molecule has 0 fully saturated rings. The van der Waals surface area contributed by atoms with E-state index in [4.69, 9.17) is 0 Å². The number of fused-ring (bicyclic) bond motifs is 14. The minimum Gasteiger partial charge on any atom is -0.310 e. The van der Waals surface area contributed by atoms with E-state index in [9.17, 15) is 0 Å². The van der Waals surface area contributed by atoms with E-state index in [0.29, 0.717) is 0 Å². The molecule has 490 valence electrons. The zero-order chi connectivity index (χ0) is 69.1. The first-order valence-electron chi connectivity index (χ1n) is 36.0. The molecule has 3 aromatic heterocycles. The molecule has 17 aromatic rings. The van der Waals surface area contributed by atoms with Gasteiger partial charge in [0.1, 0.15) is 0 Å². The van der Waals surface area contributed by atoms with Crippen LogP contribution in [0.2, 0.25) is 0 Å². The van der Waals surface area contributed by atoms with Crippen LogP contribution in [-0.2, 0) is 16.2 Å². The van der Waals surface area contributed by atoms with Gasteiger partial charge in [0.05, 0.1) is 38.1 Å². The summed E-state index contributed by atoms with van der Waals surface area (Å²) in [4.78, 5) is 5.48. The Morgan fingerprint density at radius 3 is 1.05 bits per heavy atom. The van der Waals surface area contributed by atoms with Gasteiger partial charge in [-0.1, -0.05) is 281 Å². The van der Waals surface area contributed by atoms with Crippen LogP contribution < -0.4 is 26.2 Å². The number of para-hydroxylation sites is 3. The third kappa shape index (κ3) is 9.63. The number of anilines is 6. The summed E-state index contributed by atoms with van der Waals surface area (Å²) in [5.41, 5.74) is 30.0. The van der Waals surface area contributed by atoms with E-state index >= 15 is 0 Å². The fourth-order valence-electron chi connectivity index (χ4n) is 16.8. The van der Waals surface area contributed by atoms with Gasteiger partial charge in [0.15, 0.2) is 0 Å². The van der Waals surface area contributed by atoms with Crippen molar-refractivity contribution in [2.75, 3.05) is 9.80 Å². The van der Waals surface area contributed by atoms with Crippen molar-refractivity contribution < 1.29 is 0 Å².